The Morgan fingerprint density at radius 1 is 1.05 bits per heavy atom. The van der Waals surface area contributed by atoms with E-state index in [2.05, 4.69) is 24.4 Å². The van der Waals surface area contributed by atoms with Crippen LogP contribution in [-0.2, 0) is 9.59 Å². The molecule has 2 amide bonds. The number of ether oxygens (including phenoxy) is 1. The quantitative estimate of drug-likeness (QED) is 0.333. The molecule has 7 nitrogen and oxygen atoms in total. The summed E-state index contributed by atoms with van der Waals surface area (Å²) in [5, 5.41) is 7.90. The van der Waals surface area contributed by atoms with Gasteiger partial charge in [-0.15, -0.1) is 11.8 Å². The first-order valence-electron chi connectivity index (χ1n) is 13.0. The van der Waals surface area contributed by atoms with Crippen molar-refractivity contribution in [2.24, 2.45) is 0 Å². The molecule has 2 heterocycles. The third kappa shape index (κ3) is 5.43. The molecule has 1 aromatic heterocycles. The van der Waals surface area contributed by atoms with Crippen LogP contribution in [0.25, 0.3) is 16.9 Å². The van der Waals surface area contributed by atoms with Gasteiger partial charge in [0.2, 0.25) is 11.8 Å². The molecule has 0 fully saturated rings. The summed E-state index contributed by atoms with van der Waals surface area (Å²) >= 11 is 1.57. The Kier molecular flexibility index (Phi) is 7.74. The van der Waals surface area contributed by atoms with Crippen LogP contribution in [0.4, 0.5) is 5.82 Å². The topological polar surface area (TPSA) is 76.5 Å². The van der Waals surface area contributed by atoms with Gasteiger partial charge in [0.25, 0.3) is 0 Å². The zero-order valence-electron chi connectivity index (χ0n) is 22.5. The van der Waals surface area contributed by atoms with Gasteiger partial charge in [0.05, 0.1) is 29.5 Å². The molecule has 1 aliphatic heterocycles. The lowest BCUT2D eigenvalue weighted by atomic mass is 9.97. The molecule has 5 rings (SSSR count). The number of aryl methyl sites for hydroxylation is 1. The second-order valence-electron chi connectivity index (χ2n) is 9.81. The number of amides is 2. The number of hydrogen-bond acceptors (Lipinski definition) is 5. The molecule has 0 saturated heterocycles. The highest BCUT2D eigenvalue weighted by atomic mass is 32.2. The fourth-order valence-corrected chi connectivity index (χ4v) is 6.16. The Morgan fingerprint density at radius 3 is 2.41 bits per heavy atom. The number of carbonyl (C=O) groups excluding carboxylic acids is 2. The van der Waals surface area contributed by atoms with Gasteiger partial charge >= 0.3 is 0 Å². The summed E-state index contributed by atoms with van der Waals surface area (Å²) < 4.78 is 7.18. The minimum absolute atomic E-state index is 0.0421. The second kappa shape index (κ2) is 11.4. The van der Waals surface area contributed by atoms with Gasteiger partial charge in [-0.1, -0.05) is 54.6 Å². The molecule has 3 aromatic carbocycles. The van der Waals surface area contributed by atoms with E-state index in [1.807, 2.05) is 80.6 Å². The summed E-state index contributed by atoms with van der Waals surface area (Å²) in [6, 6.07) is 25.8. The molecule has 0 radical (unpaired) electrons. The Morgan fingerprint density at radius 2 is 1.74 bits per heavy atom. The van der Waals surface area contributed by atoms with E-state index in [0.717, 1.165) is 39.4 Å². The number of methoxy groups -OCH3 is 1. The van der Waals surface area contributed by atoms with Crippen LogP contribution >= 0.6 is 11.8 Å². The third-order valence-electron chi connectivity index (χ3n) is 6.68. The highest BCUT2D eigenvalue weighted by Gasteiger charge is 2.38. The van der Waals surface area contributed by atoms with Crippen LogP contribution in [0.1, 0.15) is 35.8 Å². The number of aromatic nitrogens is 2. The smallest absolute Gasteiger partial charge is 0.240 e. The van der Waals surface area contributed by atoms with Gasteiger partial charge in [0, 0.05) is 17.2 Å². The number of benzene rings is 3. The van der Waals surface area contributed by atoms with E-state index in [-0.39, 0.29) is 35.4 Å². The lowest BCUT2D eigenvalue weighted by Gasteiger charge is -2.24. The average molecular weight is 541 g/mol. The van der Waals surface area contributed by atoms with Crippen LogP contribution in [-0.4, -0.2) is 47.0 Å². The molecule has 200 valence electrons. The maximum Gasteiger partial charge on any atom is 0.240 e. The van der Waals surface area contributed by atoms with Crippen LogP contribution in [0.5, 0.6) is 5.75 Å². The zero-order chi connectivity index (χ0) is 27.5. The summed E-state index contributed by atoms with van der Waals surface area (Å²) in [5.41, 5.74) is 5.67. The number of fused-ring (bicyclic) bond motifs is 1. The van der Waals surface area contributed by atoms with E-state index < -0.39 is 0 Å². The van der Waals surface area contributed by atoms with Crippen molar-refractivity contribution in [1.29, 1.82) is 0 Å². The molecular weight excluding hydrogens is 508 g/mol. The van der Waals surface area contributed by atoms with Gasteiger partial charge < -0.3 is 10.1 Å². The second-order valence-corrected chi connectivity index (χ2v) is 10.9. The number of hydrogen-bond donors (Lipinski definition) is 1. The zero-order valence-corrected chi connectivity index (χ0v) is 23.4. The first-order valence-corrected chi connectivity index (χ1v) is 14.0. The standard InChI is InChI=1S/C31H32N4O3S/c1-20(2)32-26(36)18-34-27(37)19-39-30(25-13-9-8-10-21(25)3)28-29(22-11-6-5-7-12-22)33-35(31(28)34)23-14-16-24(38-4)17-15-23/h5-17,20,30H,18-19H2,1-4H3,(H,32,36)/t30-/m0/s1. The number of nitrogens with one attached hydrogen (secondary N) is 1. The van der Waals surface area contributed by atoms with Crippen molar-refractivity contribution in [2.45, 2.75) is 32.1 Å². The lowest BCUT2D eigenvalue weighted by molar-refractivity contribution is -0.123. The first kappa shape index (κ1) is 26.6. The van der Waals surface area contributed by atoms with Crippen molar-refractivity contribution in [3.05, 3.63) is 95.6 Å². The SMILES string of the molecule is COc1ccc(-n2nc(-c3ccccc3)c3c2N(CC(=O)NC(C)C)C(=O)CS[C@H]3c2ccccc2C)cc1. The predicted molar refractivity (Wildman–Crippen MR) is 157 cm³/mol. The Labute approximate surface area is 233 Å². The van der Waals surface area contributed by atoms with Crippen molar-refractivity contribution in [3.63, 3.8) is 0 Å². The normalized spacial score (nSPS) is 15.2. The predicted octanol–water partition coefficient (Wildman–Crippen LogP) is 5.55. The number of carbonyl (C=O) groups is 2. The van der Waals surface area contributed by atoms with Crippen molar-refractivity contribution >= 4 is 29.4 Å². The van der Waals surface area contributed by atoms with Gasteiger partial charge in [0.15, 0.2) is 0 Å². The average Bonchev–Trinajstić information content (AvgIpc) is 3.26. The molecule has 0 saturated carbocycles. The summed E-state index contributed by atoms with van der Waals surface area (Å²) in [5.74, 6) is 1.22. The van der Waals surface area contributed by atoms with Crippen LogP contribution in [0.15, 0.2) is 78.9 Å². The molecule has 0 unspecified atom stereocenters. The van der Waals surface area contributed by atoms with Crippen molar-refractivity contribution in [1.82, 2.24) is 15.1 Å². The van der Waals surface area contributed by atoms with Gasteiger partial charge in [-0.05, 0) is 56.2 Å². The van der Waals surface area contributed by atoms with Gasteiger partial charge in [-0.25, -0.2) is 4.68 Å². The minimum atomic E-state index is -0.215. The lowest BCUT2D eigenvalue weighted by Crippen LogP contribution is -2.44. The number of thioether (sulfide) groups is 1. The van der Waals surface area contributed by atoms with E-state index in [4.69, 9.17) is 9.84 Å². The van der Waals surface area contributed by atoms with E-state index in [1.54, 1.807) is 28.5 Å². The third-order valence-corrected chi connectivity index (χ3v) is 7.91. The van der Waals surface area contributed by atoms with E-state index in [0.29, 0.717) is 5.82 Å². The summed E-state index contributed by atoms with van der Waals surface area (Å²) in [7, 11) is 1.63. The van der Waals surface area contributed by atoms with E-state index in [9.17, 15) is 9.59 Å². The molecule has 1 atom stereocenters. The first-order chi connectivity index (χ1) is 18.9. The molecule has 0 bridgehead atoms. The van der Waals surface area contributed by atoms with E-state index in [1.165, 1.54) is 0 Å². The van der Waals surface area contributed by atoms with Crippen LogP contribution in [0.3, 0.4) is 0 Å². The highest BCUT2D eigenvalue weighted by molar-refractivity contribution is 8.00. The molecule has 4 aromatic rings. The number of nitrogens with zero attached hydrogens (tertiary/aromatic N) is 3. The highest BCUT2D eigenvalue weighted by Crippen LogP contribution is 2.49. The molecular formula is C31H32N4O3S. The fourth-order valence-electron chi connectivity index (χ4n) is 4.87. The summed E-state index contributed by atoms with van der Waals surface area (Å²) in [6.07, 6.45) is 0. The number of rotatable bonds is 7. The number of anilines is 1. The molecule has 1 N–H and O–H groups in total. The van der Waals surface area contributed by atoms with Gasteiger partial charge in [-0.3, -0.25) is 14.5 Å². The molecule has 0 spiro atoms. The molecule has 8 heteroatoms. The van der Waals surface area contributed by atoms with Crippen LogP contribution < -0.4 is 15.0 Å². The maximum atomic E-state index is 13.8. The minimum Gasteiger partial charge on any atom is -0.497 e. The van der Waals surface area contributed by atoms with E-state index >= 15 is 0 Å². The summed E-state index contributed by atoms with van der Waals surface area (Å²) in [4.78, 5) is 28.4. The van der Waals surface area contributed by atoms with Crippen LogP contribution in [0.2, 0.25) is 0 Å². The molecule has 39 heavy (non-hydrogen) atoms. The van der Waals surface area contributed by atoms with Crippen molar-refractivity contribution < 1.29 is 14.3 Å². The molecule has 0 aliphatic carbocycles. The maximum absolute atomic E-state index is 13.8. The Balaban J connectivity index is 1.80. The van der Waals surface area contributed by atoms with Crippen LogP contribution in [0, 0.1) is 6.92 Å². The van der Waals surface area contributed by atoms with Gasteiger partial charge in [-0.2, -0.15) is 5.10 Å². The largest absolute Gasteiger partial charge is 0.497 e. The van der Waals surface area contributed by atoms with Crippen molar-refractivity contribution in [2.75, 3.05) is 24.3 Å². The Bertz CT molecular complexity index is 1480. The summed E-state index contributed by atoms with van der Waals surface area (Å²) in [6.45, 7) is 5.81. The molecule has 1 aliphatic rings. The van der Waals surface area contributed by atoms with Crippen molar-refractivity contribution in [3.8, 4) is 22.7 Å². The fraction of sp³-hybridized carbons (Fsp3) is 0.258. The van der Waals surface area contributed by atoms with Gasteiger partial charge in [0.1, 0.15) is 18.1 Å². The Hall–Kier alpha value is -4.04. The monoisotopic (exact) mass is 540 g/mol.